The summed E-state index contributed by atoms with van der Waals surface area (Å²) in [5, 5.41) is 11.7. The Kier molecular flexibility index (Phi) is 4.61. The van der Waals surface area contributed by atoms with Gasteiger partial charge in [-0.3, -0.25) is 4.40 Å². The predicted octanol–water partition coefficient (Wildman–Crippen LogP) is 2.75. The molecule has 1 aliphatic heterocycles. The van der Waals surface area contributed by atoms with Crippen LogP contribution < -0.4 is 10.2 Å². The van der Waals surface area contributed by atoms with E-state index in [0.29, 0.717) is 12.5 Å². The minimum atomic E-state index is 0.548. The van der Waals surface area contributed by atoms with Gasteiger partial charge in [0.25, 0.3) is 0 Å². The number of nitrogens with zero attached hydrogens (tertiary/aromatic N) is 6. The zero-order chi connectivity index (χ0) is 19.6. The molecule has 0 amide bonds. The molecule has 29 heavy (non-hydrogen) atoms. The van der Waals surface area contributed by atoms with Crippen LogP contribution in [-0.4, -0.2) is 57.7 Å². The fourth-order valence-electron chi connectivity index (χ4n) is 3.65. The number of fused-ring (bicyclic) bond motifs is 1. The van der Waals surface area contributed by atoms with Crippen molar-refractivity contribution in [1.29, 1.82) is 0 Å². The van der Waals surface area contributed by atoms with Crippen molar-refractivity contribution >= 4 is 17.3 Å². The van der Waals surface area contributed by atoms with Crippen molar-refractivity contribution in [2.75, 3.05) is 43.4 Å². The van der Waals surface area contributed by atoms with Gasteiger partial charge in [0, 0.05) is 43.6 Å². The summed E-state index contributed by atoms with van der Waals surface area (Å²) in [6, 6.07) is 12.4. The Morgan fingerprint density at radius 3 is 2.66 bits per heavy atom. The number of nitrogens with one attached hydrogen (secondary N) is 1. The minimum absolute atomic E-state index is 0.548. The molecule has 0 radical (unpaired) electrons. The molecule has 8 nitrogen and oxygen atoms in total. The average Bonchev–Trinajstić information content (AvgIpc) is 3.45. The van der Waals surface area contributed by atoms with Gasteiger partial charge in [0.05, 0.1) is 12.8 Å². The summed E-state index contributed by atoms with van der Waals surface area (Å²) in [4.78, 5) is 9.38. The fourth-order valence-corrected chi connectivity index (χ4v) is 3.65. The molecule has 1 saturated heterocycles. The van der Waals surface area contributed by atoms with Crippen LogP contribution in [0.5, 0.6) is 0 Å². The first kappa shape index (κ1) is 17.7. The summed E-state index contributed by atoms with van der Waals surface area (Å²) in [7, 11) is 2.17. The van der Waals surface area contributed by atoms with Crippen LogP contribution in [-0.2, 0) is 6.54 Å². The molecule has 1 N–H and O–H groups in total. The van der Waals surface area contributed by atoms with E-state index in [1.54, 1.807) is 12.6 Å². The number of rotatable bonds is 5. The maximum Gasteiger partial charge on any atom is 0.210 e. The Morgan fingerprint density at radius 1 is 1.07 bits per heavy atom. The molecule has 148 valence electrons. The molecule has 0 atom stereocenters. The van der Waals surface area contributed by atoms with Crippen LogP contribution in [0, 0.1) is 0 Å². The third-order valence-electron chi connectivity index (χ3n) is 5.38. The van der Waals surface area contributed by atoms with E-state index in [4.69, 9.17) is 4.42 Å². The Morgan fingerprint density at radius 2 is 1.90 bits per heavy atom. The van der Waals surface area contributed by atoms with Gasteiger partial charge in [-0.2, -0.15) is 0 Å². The second-order valence-corrected chi connectivity index (χ2v) is 7.29. The number of aromatic nitrogens is 4. The lowest BCUT2D eigenvalue weighted by Gasteiger charge is -2.34. The van der Waals surface area contributed by atoms with Crippen molar-refractivity contribution in [1.82, 2.24) is 24.5 Å². The van der Waals surface area contributed by atoms with Gasteiger partial charge in [-0.25, -0.2) is 4.98 Å². The predicted molar refractivity (Wildman–Crippen MR) is 112 cm³/mol. The molecule has 1 aromatic carbocycles. The summed E-state index contributed by atoms with van der Waals surface area (Å²) in [5.74, 6) is 1.52. The Hall–Kier alpha value is -3.39. The van der Waals surface area contributed by atoms with Crippen LogP contribution in [0.25, 0.3) is 16.8 Å². The average molecular weight is 389 g/mol. The van der Waals surface area contributed by atoms with E-state index < -0.39 is 0 Å². The number of furan rings is 1. The smallest absolute Gasteiger partial charge is 0.210 e. The number of hydrogen-bond acceptors (Lipinski definition) is 7. The van der Waals surface area contributed by atoms with Crippen molar-refractivity contribution in [2.45, 2.75) is 6.54 Å². The minimum Gasteiger partial charge on any atom is -0.467 e. The van der Waals surface area contributed by atoms with Crippen LogP contribution in [0.15, 0.2) is 59.6 Å². The maximum absolute atomic E-state index is 5.37. The molecule has 4 heterocycles. The van der Waals surface area contributed by atoms with Crippen molar-refractivity contribution in [3.05, 3.63) is 60.9 Å². The molecule has 4 aromatic rings. The van der Waals surface area contributed by atoms with Gasteiger partial charge in [0.1, 0.15) is 12.1 Å². The summed E-state index contributed by atoms with van der Waals surface area (Å²) < 4.78 is 7.24. The number of likely N-dealkylation sites (N-methyl/N-ethyl adjacent to an activating group) is 1. The van der Waals surface area contributed by atoms with E-state index in [9.17, 15) is 0 Å². The van der Waals surface area contributed by atoms with Gasteiger partial charge in [-0.1, -0.05) is 12.1 Å². The standard InChI is InChI=1S/C21H23N7O/c1-26-8-10-27(11-9-26)17-6-4-16(5-7-17)19-14-23-21(28-15-24-25-20(19)28)22-13-18-3-2-12-29-18/h2-7,12,14-15H,8-11,13H2,1H3,(H,22,23). The molecule has 0 aliphatic carbocycles. The van der Waals surface area contributed by atoms with Crippen LogP contribution in [0.3, 0.4) is 0 Å². The lowest BCUT2D eigenvalue weighted by atomic mass is 10.1. The maximum atomic E-state index is 5.37. The lowest BCUT2D eigenvalue weighted by Crippen LogP contribution is -2.44. The van der Waals surface area contributed by atoms with E-state index in [2.05, 4.69) is 61.6 Å². The van der Waals surface area contributed by atoms with Crippen LogP contribution >= 0.6 is 0 Å². The molecule has 0 bridgehead atoms. The highest BCUT2D eigenvalue weighted by molar-refractivity contribution is 5.78. The number of hydrogen-bond donors (Lipinski definition) is 1. The second kappa shape index (κ2) is 7.56. The number of piperazine rings is 1. The van der Waals surface area contributed by atoms with Gasteiger partial charge in [0.15, 0.2) is 5.65 Å². The largest absolute Gasteiger partial charge is 0.467 e. The lowest BCUT2D eigenvalue weighted by molar-refractivity contribution is 0.313. The summed E-state index contributed by atoms with van der Waals surface area (Å²) in [6.07, 6.45) is 5.18. The van der Waals surface area contributed by atoms with E-state index >= 15 is 0 Å². The van der Waals surface area contributed by atoms with Crippen molar-refractivity contribution < 1.29 is 4.42 Å². The van der Waals surface area contributed by atoms with E-state index in [1.807, 2.05) is 22.7 Å². The second-order valence-electron chi connectivity index (χ2n) is 7.29. The third kappa shape index (κ3) is 3.54. The topological polar surface area (TPSA) is 74.7 Å². The summed E-state index contributed by atoms with van der Waals surface area (Å²) in [6.45, 7) is 4.85. The number of benzene rings is 1. The first-order chi connectivity index (χ1) is 14.3. The summed E-state index contributed by atoms with van der Waals surface area (Å²) in [5.41, 5.74) is 4.06. The molecule has 1 fully saturated rings. The fraction of sp³-hybridized carbons (Fsp3) is 0.286. The molecule has 0 spiro atoms. The van der Waals surface area contributed by atoms with Gasteiger partial charge in [-0.05, 0) is 36.9 Å². The third-order valence-corrected chi connectivity index (χ3v) is 5.38. The quantitative estimate of drug-likeness (QED) is 0.562. The highest BCUT2D eigenvalue weighted by atomic mass is 16.3. The first-order valence-electron chi connectivity index (χ1n) is 9.77. The van der Waals surface area contributed by atoms with Crippen molar-refractivity contribution in [3.8, 4) is 11.1 Å². The van der Waals surface area contributed by atoms with Crippen molar-refractivity contribution in [2.24, 2.45) is 0 Å². The zero-order valence-electron chi connectivity index (χ0n) is 16.3. The Labute approximate surface area is 168 Å². The van der Waals surface area contributed by atoms with Crippen LogP contribution in [0.2, 0.25) is 0 Å². The molecule has 0 unspecified atom stereocenters. The van der Waals surface area contributed by atoms with Crippen LogP contribution in [0.1, 0.15) is 5.76 Å². The highest BCUT2D eigenvalue weighted by Crippen LogP contribution is 2.27. The molecule has 1 aliphatic rings. The molecule has 5 rings (SSSR count). The Bertz CT molecular complexity index is 1080. The Balaban J connectivity index is 1.39. The molecule has 3 aromatic heterocycles. The summed E-state index contributed by atoms with van der Waals surface area (Å²) >= 11 is 0. The van der Waals surface area contributed by atoms with Gasteiger partial charge in [0.2, 0.25) is 5.95 Å². The van der Waals surface area contributed by atoms with E-state index in [-0.39, 0.29) is 0 Å². The van der Waals surface area contributed by atoms with E-state index in [1.165, 1.54) is 5.69 Å². The molecular formula is C21H23N7O. The first-order valence-corrected chi connectivity index (χ1v) is 9.77. The molecule has 0 saturated carbocycles. The SMILES string of the molecule is CN1CCN(c2ccc(-c3cnc(NCc4ccco4)n4cnnc34)cc2)CC1. The monoisotopic (exact) mass is 389 g/mol. The van der Waals surface area contributed by atoms with Crippen molar-refractivity contribution in [3.63, 3.8) is 0 Å². The van der Waals surface area contributed by atoms with Gasteiger partial charge in [-0.15, -0.1) is 10.2 Å². The molecular weight excluding hydrogens is 366 g/mol. The van der Waals surface area contributed by atoms with Crippen LogP contribution in [0.4, 0.5) is 11.6 Å². The highest BCUT2D eigenvalue weighted by Gasteiger charge is 2.15. The van der Waals surface area contributed by atoms with E-state index in [0.717, 1.165) is 48.7 Å². The van der Waals surface area contributed by atoms with Gasteiger partial charge >= 0.3 is 0 Å². The normalized spacial score (nSPS) is 15.1. The van der Waals surface area contributed by atoms with Gasteiger partial charge < -0.3 is 19.5 Å². The zero-order valence-corrected chi connectivity index (χ0v) is 16.3. The number of anilines is 2. The molecule has 8 heteroatoms.